The van der Waals surface area contributed by atoms with Crippen molar-refractivity contribution in [3.8, 4) is 0 Å². The van der Waals surface area contributed by atoms with Crippen molar-refractivity contribution in [1.82, 2.24) is 0 Å². The summed E-state index contributed by atoms with van der Waals surface area (Å²) in [6.07, 6.45) is -0.793. The maximum atomic E-state index is 12.5. The van der Waals surface area contributed by atoms with Crippen molar-refractivity contribution >= 4 is 11.8 Å². The number of hydrogen-bond acceptors (Lipinski definition) is 4. The molecule has 0 amide bonds. The Morgan fingerprint density at radius 1 is 1.25 bits per heavy atom. The Bertz CT molecular complexity index is 514. The van der Waals surface area contributed by atoms with Crippen LogP contribution in [0.4, 0.5) is 8.78 Å². The lowest BCUT2D eigenvalue weighted by Crippen LogP contribution is -2.38. The van der Waals surface area contributed by atoms with Crippen LogP contribution in [-0.4, -0.2) is 30.4 Å². The molecule has 0 unspecified atom stereocenters. The number of ketones is 1. The van der Waals surface area contributed by atoms with Gasteiger partial charge in [0, 0.05) is 12.1 Å². The quantitative estimate of drug-likeness (QED) is 0.369. The fraction of sp³-hybridized carbons (Fsp3) is 0.308. The van der Waals surface area contributed by atoms with Crippen molar-refractivity contribution < 1.29 is 32.8 Å². The Kier molecular flexibility index (Phi) is 5.76. The number of esters is 1. The van der Waals surface area contributed by atoms with Crippen LogP contribution in [0.3, 0.4) is 0 Å². The number of aliphatic hydroxyl groups is 1. The van der Waals surface area contributed by atoms with Crippen molar-refractivity contribution in [2.45, 2.75) is 19.4 Å². The number of allylic oxidation sites excluding steroid dienone is 1. The molecule has 0 atom stereocenters. The predicted molar refractivity (Wildman–Crippen MR) is 63.9 cm³/mol. The van der Waals surface area contributed by atoms with E-state index in [0.29, 0.717) is 0 Å². The van der Waals surface area contributed by atoms with Crippen molar-refractivity contribution in [2.75, 3.05) is 7.11 Å². The minimum absolute atomic E-state index is 0.260. The van der Waals surface area contributed by atoms with Crippen LogP contribution in [-0.2, 0) is 20.9 Å². The van der Waals surface area contributed by atoms with Gasteiger partial charge in [0.1, 0.15) is 0 Å². The van der Waals surface area contributed by atoms with Crippen LogP contribution in [0.25, 0.3) is 0 Å². The molecule has 1 rings (SSSR count). The zero-order valence-electron chi connectivity index (χ0n) is 10.8. The molecule has 0 saturated heterocycles. The highest BCUT2D eigenvalue weighted by Crippen LogP contribution is 2.16. The average molecular weight is 286 g/mol. The van der Waals surface area contributed by atoms with Gasteiger partial charge in [-0.15, -0.1) is 0 Å². The molecule has 0 spiro atoms. The second kappa shape index (κ2) is 7.32. The Hall–Kier alpha value is -2.31. The summed E-state index contributed by atoms with van der Waals surface area (Å²) >= 11 is 0. The molecule has 0 aliphatic rings. The standard InChI is InChI=1S/C13H13F2NO4/c1-20-11(18)7-9(12(19)13(14)15)10(17)8-16-5-3-2-4-6-16/h2-6,13H,7-8H2,1H3/p+1. The molecule has 0 saturated carbocycles. The van der Waals surface area contributed by atoms with E-state index in [1.807, 2.05) is 0 Å². The summed E-state index contributed by atoms with van der Waals surface area (Å²) in [5.41, 5.74) is -0.636. The Labute approximate surface area is 114 Å². The smallest absolute Gasteiger partial charge is 0.310 e. The number of carbonyl (C=O) groups is 2. The van der Waals surface area contributed by atoms with E-state index >= 15 is 0 Å². The SMILES string of the molecule is COC(=O)C/C(C(=O)C[n+]1ccccc1)=C(\O)C(F)F. The van der Waals surface area contributed by atoms with Gasteiger partial charge >= 0.3 is 5.97 Å². The molecule has 0 aromatic carbocycles. The lowest BCUT2D eigenvalue weighted by atomic mass is 10.1. The number of pyridine rings is 1. The van der Waals surface area contributed by atoms with Gasteiger partial charge in [-0.25, -0.2) is 8.78 Å². The lowest BCUT2D eigenvalue weighted by Gasteiger charge is -2.07. The number of aromatic nitrogens is 1. The largest absolute Gasteiger partial charge is 0.506 e. The second-order valence-electron chi connectivity index (χ2n) is 3.89. The lowest BCUT2D eigenvalue weighted by molar-refractivity contribution is -0.684. The first-order chi connectivity index (χ1) is 9.45. The highest BCUT2D eigenvalue weighted by atomic mass is 19.3. The first kappa shape index (κ1) is 15.7. The average Bonchev–Trinajstić information content (AvgIpc) is 2.44. The second-order valence-corrected chi connectivity index (χ2v) is 3.89. The molecule has 1 heterocycles. The van der Waals surface area contributed by atoms with Gasteiger partial charge in [-0.2, -0.15) is 4.57 Å². The van der Waals surface area contributed by atoms with E-state index in [4.69, 9.17) is 0 Å². The third-order valence-electron chi connectivity index (χ3n) is 2.50. The Morgan fingerprint density at radius 2 is 1.85 bits per heavy atom. The van der Waals surface area contributed by atoms with Crippen LogP contribution in [0.2, 0.25) is 0 Å². The third kappa shape index (κ3) is 4.42. The molecule has 1 N–H and O–H groups in total. The van der Waals surface area contributed by atoms with E-state index in [-0.39, 0.29) is 6.54 Å². The molecule has 1 aromatic heterocycles. The summed E-state index contributed by atoms with van der Waals surface area (Å²) in [5.74, 6) is -3.04. The first-order valence-corrected chi connectivity index (χ1v) is 5.70. The van der Waals surface area contributed by atoms with Gasteiger partial charge in [0.25, 0.3) is 6.43 Å². The van der Waals surface area contributed by atoms with Crippen LogP contribution < -0.4 is 4.57 Å². The molecular formula is C13H14F2NO4+. The van der Waals surface area contributed by atoms with Gasteiger partial charge in [-0.1, -0.05) is 6.07 Å². The number of methoxy groups -OCH3 is 1. The summed E-state index contributed by atoms with van der Waals surface area (Å²) in [6, 6.07) is 5.04. The number of alkyl halides is 2. The number of nitrogens with zero attached hydrogens (tertiary/aromatic N) is 1. The highest BCUT2D eigenvalue weighted by Gasteiger charge is 2.26. The van der Waals surface area contributed by atoms with Crippen LogP contribution in [0, 0.1) is 0 Å². The van der Waals surface area contributed by atoms with E-state index < -0.39 is 35.9 Å². The van der Waals surface area contributed by atoms with Crippen LogP contribution in [0.15, 0.2) is 41.9 Å². The predicted octanol–water partition coefficient (Wildman–Crippen LogP) is 1.18. The highest BCUT2D eigenvalue weighted by molar-refractivity contribution is 5.98. The van der Waals surface area contributed by atoms with Crippen molar-refractivity contribution in [3.05, 3.63) is 41.9 Å². The van der Waals surface area contributed by atoms with Crippen LogP contribution >= 0.6 is 0 Å². The van der Waals surface area contributed by atoms with E-state index in [0.717, 1.165) is 7.11 Å². The Morgan fingerprint density at radius 3 is 2.35 bits per heavy atom. The van der Waals surface area contributed by atoms with E-state index in [1.165, 1.54) is 4.57 Å². The molecule has 0 bridgehead atoms. The zero-order valence-corrected chi connectivity index (χ0v) is 10.8. The molecular weight excluding hydrogens is 272 g/mol. The minimum atomic E-state index is -3.22. The first-order valence-electron chi connectivity index (χ1n) is 5.70. The van der Waals surface area contributed by atoms with Crippen molar-refractivity contribution in [2.24, 2.45) is 0 Å². The molecule has 20 heavy (non-hydrogen) atoms. The molecule has 7 heteroatoms. The minimum Gasteiger partial charge on any atom is -0.506 e. The molecule has 0 fully saturated rings. The maximum Gasteiger partial charge on any atom is 0.310 e. The number of halogens is 2. The number of hydrogen-bond donors (Lipinski definition) is 1. The topological polar surface area (TPSA) is 67.5 Å². The zero-order chi connectivity index (χ0) is 15.1. The van der Waals surface area contributed by atoms with Gasteiger partial charge in [0.15, 0.2) is 18.2 Å². The van der Waals surface area contributed by atoms with Crippen LogP contribution in [0.1, 0.15) is 6.42 Å². The van der Waals surface area contributed by atoms with Gasteiger partial charge in [0.2, 0.25) is 12.3 Å². The number of ether oxygens (including phenoxy) is 1. The molecule has 108 valence electrons. The van der Waals surface area contributed by atoms with E-state index in [2.05, 4.69) is 4.74 Å². The van der Waals surface area contributed by atoms with Gasteiger partial charge in [-0.05, 0) is 0 Å². The normalized spacial score (nSPS) is 12.0. The fourth-order valence-corrected chi connectivity index (χ4v) is 1.48. The monoisotopic (exact) mass is 286 g/mol. The van der Waals surface area contributed by atoms with Gasteiger partial charge in [0.05, 0.1) is 19.1 Å². The summed E-state index contributed by atoms with van der Waals surface area (Å²) in [5, 5.41) is 9.27. The number of rotatable bonds is 6. The molecule has 1 aromatic rings. The summed E-state index contributed by atoms with van der Waals surface area (Å²) in [4.78, 5) is 23.1. The molecule has 0 aliphatic heterocycles. The van der Waals surface area contributed by atoms with Gasteiger partial charge in [-0.3, -0.25) is 9.59 Å². The molecule has 5 nitrogen and oxygen atoms in total. The van der Waals surface area contributed by atoms with Crippen molar-refractivity contribution in [1.29, 1.82) is 0 Å². The van der Waals surface area contributed by atoms with E-state index in [9.17, 15) is 23.5 Å². The Balaban J connectivity index is 2.96. The maximum absolute atomic E-state index is 12.5. The summed E-state index contributed by atoms with van der Waals surface area (Å²) < 4.78 is 30.8. The molecule has 0 radical (unpaired) electrons. The fourth-order valence-electron chi connectivity index (χ4n) is 1.48. The van der Waals surface area contributed by atoms with E-state index in [1.54, 1.807) is 30.6 Å². The summed E-state index contributed by atoms with van der Waals surface area (Å²) in [7, 11) is 1.07. The number of carbonyl (C=O) groups excluding carboxylic acids is 2. The third-order valence-corrected chi connectivity index (χ3v) is 2.50. The van der Waals surface area contributed by atoms with Crippen molar-refractivity contribution in [3.63, 3.8) is 0 Å². The summed E-state index contributed by atoms with van der Waals surface area (Å²) in [6.45, 7) is -0.260. The van der Waals surface area contributed by atoms with Crippen LogP contribution in [0.5, 0.6) is 0 Å². The molecule has 0 aliphatic carbocycles. The number of Topliss-reactive ketones (excluding diaryl/α,β-unsaturated/α-hetero) is 1. The van der Waals surface area contributed by atoms with Gasteiger partial charge < -0.3 is 9.84 Å². The number of aliphatic hydroxyl groups excluding tert-OH is 1.